The fourth-order valence-electron chi connectivity index (χ4n) is 2.18. The van der Waals surface area contributed by atoms with E-state index in [0.717, 1.165) is 11.1 Å². The van der Waals surface area contributed by atoms with Crippen LogP contribution in [-0.4, -0.2) is 10.9 Å². The molecule has 1 aromatic heterocycles. The SMILES string of the molecule is Cc1oc(-c2ccccc2)nc1C(=O)NCc1ccc(F)cc1. The number of nitrogens with one attached hydrogen (secondary N) is 1. The van der Waals surface area contributed by atoms with Crippen molar-refractivity contribution in [3.63, 3.8) is 0 Å². The van der Waals surface area contributed by atoms with Gasteiger partial charge in [-0.1, -0.05) is 30.3 Å². The van der Waals surface area contributed by atoms with E-state index in [-0.39, 0.29) is 17.4 Å². The number of rotatable bonds is 4. The summed E-state index contributed by atoms with van der Waals surface area (Å²) < 4.78 is 18.4. The van der Waals surface area contributed by atoms with Crippen LogP contribution in [0.15, 0.2) is 59.0 Å². The highest BCUT2D eigenvalue weighted by atomic mass is 19.1. The predicted octanol–water partition coefficient (Wildman–Crippen LogP) is 3.72. The first-order valence-electron chi connectivity index (χ1n) is 7.19. The summed E-state index contributed by atoms with van der Waals surface area (Å²) in [7, 11) is 0. The minimum Gasteiger partial charge on any atom is -0.441 e. The average Bonchev–Trinajstić information content (AvgIpc) is 2.97. The van der Waals surface area contributed by atoms with Crippen molar-refractivity contribution in [2.24, 2.45) is 0 Å². The molecule has 5 heteroatoms. The van der Waals surface area contributed by atoms with E-state index in [1.165, 1.54) is 12.1 Å². The average molecular weight is 310 g/mol. The smallest absolute Gasteiger partial charge is 0.273 e. The van der Waals surface area contributed by atoms with Gasteiger partial charge in [-0.15, -0.1) is 0 Å². The van der Waals surface area contributed by atoms with E-state index >= 15 is 0 Å². The molecule has 0 spiro atoms. The lowest BCUT2D eigenvalue weighted by Crippen LogP contribution is -2.23. The number of aryl methyl sites for hydroxylation is 1. The third-order valence-corrected chi connectivity index (χ3v) is 3.40. The summed E-state index contributed by atoms with van der Waals surface area (Å²) in [6, 6.07) is 15.4. The quantitative estimate of drug-likeness (QED) is 0.799. The van der Waals surface area contributed by atoms with Crippen molar-refractivity contribution in [1.82, 2.24) is 10.3 Å². The lowest BCUT2D eigenvalue weighted by atomic mass is 10.2. The largest absolute Gasteiger partial charge is 0.441 e. The summed E-state index contributed by atoms with van der Waals surface area (Å²) in [4.78, 5) is 16.5. The Bertz CT molecular complexity index is 811. The fourth-order valence-corrected chi connectivity index (χ4v) is 2.18. The number of halogens is 1. The monoisotopic (exact) mass is 310 g/mol. The Kier molecular flexibility index (Phi) is 4.19. The van der Waals surface area contributed by atoms with E-state index in [0.29, 0.717) is 18.2 Å². The van der Waals surface area contributed by atoms with Crippen molar-refractivity contribution in [1.29, 1.82) is 0 Å². The minimum absolute atomic E-state index is 0.256. The van der Waals surface area contributed by atoms with Crippen molar-refractivity contribution >= 4 is 5.91 Å². The molecule has 0 aliphatic heterocycles. The third kappa shape index (κ3) is 3.45. The molecule has 23 heavy (non-hydrogen) atoms. The number of carbonyl (C=O) groups is 1. The highest BCUT2D eigenvalue weighted by molar-refractivity contribution is 5.93. The summed E-state index contributed by atoms with van der Waals surface area (Å²) >= 11 is 0. The van der Waals surface area contributed by atoms with Crippen LogP contribution in [0.1, 0.15) is 21.8 Å². The molecule has 4 nitrogen and oxygen atoms in total. The van der Waals surface area contributed by atoms with E-state index in [1.807, 2.05) is 30.3 Å². The van der Waals surface area contributed by atoms with Crippen LogP contribution in [0, 0.1) is 12.7 Å². The normalized spacial score (nSPS) is 10.5. The first-order valence-corrected chi connectivity index (χ1v) is 7.19. The molecule has 0 fully saturated rings. The van der Waals surface area contributed by atoms with Gasteiger partial charge in [0.2, 0.25) is 5.89 Å². The molecule has 0 saturated heterocycles. The maximum atomic E-state index is 12.9. The van der Waals surface area contributed by atoms with Gasteiger partial charge >= 0.3 is 0 Å². The molecule has 0 aliphatic carbocycles. The second kappa shape index (κ2) is 6.44. The molecule has 1 amide bonds. The van der Waals surface area contributed by atoms with Crippen molar-refractivity contribution in [3.8, 4) is 11.5 Å². The Balaban J connectivity index is 1.72. The molecule has 0 aliphatic rings. The van der Waals surface area contributed by atoms with Gasteiger partial charge in [0.25, 0.3) is 5.91 Å². The minimum atomic E-state index is -0.322. The van der Waals surface area contributed by atoms with E-state index in [2.05, 4.69) is 10.3 Å². The zero-order chi connectivity index (χ0) is 16.2. The lowest BCUT2D eigenvalue weighted by Gasteiger charge is -2.03. The Morgan fingerprint density at radius 1 is 1.13 bits per heavy atom. The number of carbonyl (C=O) groups excluding carboxylic acids is 1. The molecule has 0 saturated carbocycles. The van der Waals surface area contributed by atoms with Gasteiger partial charge < -0.3 is 9.73 Å². The lowest BCUT2D eigenvalue weighted by molar-refractivity contribution is 0.0945. The van der Waals surface area contributed by atoms with Gasteiger partial charge in [-0.3, -0.25) is 4.79 Å². The van der Waals surface area contributed by atoms with Gasteiger partial charge in [-0.2, -0.15) is 0 Å². The fraction of sp³-hybridized carbons (Fsp3) is 0.111. The van der Waals surface area contributed by atoms with Crippen molar-refractivity contribution in [2.75, 3.05) is 0 Å². The second-order valence-corrected chi connectivity index (χ2v) is 5.10. The van der Waals surface area contributed by atoms with Crippen molar-refractivity contribution in [3.05, 3.63) is 77.4 Å². The van der Waals surface area contributed by atoms with Gasteiger partial charge in [0, 0.05) is 12.1 Å². The summed E-state index contributed by atoms with van der Waals surface area (Å²) in [6.45, 7) is 2.00. The summed E-state index contributed by atoms with van der Waals surface area (Å²) in [6.07, 6.45) is 0. The van der Waals surface area contributed by atoms with Crippen molar-refractivity contribution in [2.45, 2.75) is 13.5 Å². The van der Waals surface area contributed by atoms with Crippen LogP contribution in [0.4, 0.5) is 4.39 Å². The molecule has 3 rings (SSSR count). The maximum absolute atomic E-state index is 12.9. The number of nitrogens with zero attached hydrogens (tertiary/aromatic N) is 1. The van der Waals surface area contributed by atoms with Gasteiger partial charge in [-0.05, 0) is 36.8 Å². The topological polar surface area (TPSA) is 55.1 Å². The van der Waals surface area contributed by atoms with Gasteiger partial charge in [0.05, 0.1) is 0 Å². The number of amides is 1. The van der Waals surface area contributed by atoms with Crippen LogP contribution in [0.3, 0.4) is 0 Å². The summed E-state index contributed by atoms with van der Waals surface area (Å²) in [5.74, 6) is 0.244. The molecular weight excluding hydrogens is 295 g/mol. The van der Waals surface area contributed by atoms with E-state index in [1.54, 1.807) is 19.1 Å². The van der Waals surface area contributed by atoms with Gasteiger partial charge in [-0.25, -0.2) is 9.37 Å². The molecule has 0 unspecified atom stereocenters. The van der Waals surface area contributed by atoms with Crippen LogP contribution >= 0.6 is 0 Å². The highest BCUT2D eigenvalue weighted by Crippen LogP contribution is 2.21. The van der Waals surface area contributed by atoms with Crippen LogP contribution in [0.2, 0.25) is 0 Å². The zero-order valence-electron chi connectivity index (χ0n) is 12.5. The Morgan fingerprint density at radius 2 is 1.83 bits per heavy atom. The molecule has 0 bridgehead atoms. The molecule has 3 aromatic rings. The molecule has 2 aromatic carbocycles. The molecule has 0 radical (unpaired) electrons. The standard InChI is InChI=1S/C18H15FN2O2/c1-12-16(21-18(23-12)14-5-3-2-4-6-14)17(22)20-11-13-7-9-15(19)10-8-13/h2-10H,11H2,1H3,(H,20,22). The van der Waals surface area contributed by atoms with E-state index in [9.17, 15) is 9.18 Å². The molecule has 1 heterocycles. The van der Waals surface area contributed by atoms with Crippen LogP contribution in [-0.2, 0) is 6.54 Å². The van der Waals surface area contributed by atoms with Crippen molar-refractivity contribution < 1.29 is 13.6 Å². The van der Waals surface area contributed by atoms with E-state index < -0.39 is 0 Å². The summed E-state index contributed by atoms with van der Waals surface area (Å²) in [5, 5.41) is 2.76. The van der Waals surface area contributed by atoms with E-state index in [4.69, 9.17) is 4.42 Å². The molecule has 1 N–H and O–H groups in total. The summed E-state index contributed by atoms with van der Waals surface area (Å²) in [5.41, 5.74) is 1.88. The Hall–Kier alpha value is -2.95. The van der Waals surface area contributed by atoms with Crippen LogP contribution in [0.25, 0.3) is 11.5 Å². The highest BCUT2D eigenvalue weighted by Gasteiger charge is 2.17. The van der Waals surface area contributed by atoms with Crippen LogP contribution < -0.4 is 5.32 Å². The Labute approximate surface area is 133 Å². The second-order valence-electron chi connectivity index (χ2n) is 5.10. The number of benzene rings is 2. The molecule has 116 valence electrons. The van der Waals surface area contributed by atoms with Gasteiger partial charge in [0.15, 0.2) is 5.69 Å². The third-order valence-electron chi connectivity index (χ3n) is 3.40. The number of oxazole rings is 1. The first-order chi connectivity index (χ1) is 11.1. The number of hydrogen-bond donors (Lipinski definition) is 1. The first kappa shape index (κ1) is 15.0. The molecular formula is C18H15FN2O2. The predicted molar refractivity (Wildman–Crippen MR) is 84.2 cm³/mol. The Morgan fingerprint density at radius 3 is 2.52 bits per heavy atom. The number of hydrogen-bond acceptors (Lipinski definition) is 3. The zero-order valence-corrected chi connectivity index (χ0v) is 12.5. The van der Waals surface area contributed by atoms with Gasteiger partial charge in [0.1, 0.15) is 11.6 Å². The molecule has 0 atom stereocenters. The van der Waals surface area contributed by atoms with Crippen LogP contribution in [0.5, 0.6) is 0 Å². The maximum Gasteiger partial charge on any atom is 0.273 e. The number of aromatic nitrogens is 1.